The summed E-state index contributed by atoms with van der Waals surface area (Å²) >= 11 is 1.87. The Bertz CT molecular complexity index is 2570. The van der Waals surface area contributed by atoms with Crippen LogP contribution in [0.3, 0.4) is 0 Å². The summed E-state index contributed by atoms with van der Waals surface area (Å²) < 4.78 is 0. The summed E-state index contributed by atoms with van der Waals surface area (Å²) in [5.74, 6) is 0. The zero-order valence-corrected chi connectivity index (χ0v) is 28.5. The maximum Gasteiger partial charge on any atom is 0.249 e. The number of benzene rings is 6. The molecule has 5 heteroatoms. The van der Waals surface area contributed by atoms with E-state index in [1.54, 1.807) is 0 Å². The van der Waals surface area contributed by atoms with E-state index >= 15 is 0 Å². The zero-order valence-electron chi connectivity index (χ0n) is 27.6. The van der Waals surface area contributed by atoms with Gasteiger partial charge in [-0.2, -0.15) is 0 Å². The standard InChI is InChI=1S/C46H30BN3S/c1-4-15-31(16-5-1)38-25-12-27-40(48-38)34-21-10-23-36-45(34)50(33-19-8-3-9-20-33)42-29-14-30-43-44(42)47(36)37-24-11-22-35(46(37)51-43)41-28-13-26-39(49-41)32-17-6-2-7-18-32/h1-30H. The molecule has 8 aromatic rings. The second-order valence-corrected chi connectivity index (χ2v) is 14.0. The van der Waals surface area contributed by atoms with Crippen LogP contribution in [0.4, 0.5) is 17.1 Å². The fourth-order valence-electron chi connectivity index (χ4n) is 7.72. The number of para-hydroxylation sites is 2. The van der Waals surface area contributed by atoms with Crippen molar-refractivity contribution in [1.29, 1.82) is 0 Å². The number of hydrogen-bond donors (Lipinski definition) is 0. The van der Waals surface area contributed by atoms with Crippen molar-refractivity contribution >= 4 is 51.9 Å². The highest BCUT2D eigenvalue weighted by Gasteiger charge is 2.42. The lowest BCUT2D eigenvalue weighted by molar-refractivity contribution is 1.25. The second-order valence-electron chi connectivity index (χ2n) is 12.9. The number of nitrogens with zero attached hydrogens (tertiary/aromatic N) is 3. The third-order valence-electron chi connectivity index (χ3n) is 9.95. The van der Waals surface area contributed by atoms with Crippen molar-refractivity contribution in [3.05, 3.63) is 182 Å². The molecule has 0 saturated carbocycles. The van der Waals surface area contributed by atoms with Crippen LogP contribution in [-0.4, -0.2) is 16.7 Å². The predicted octanol–water partition coefficient (Wildman–Crippen LogP) is 9.91. The third-order valence-corrected chi connectivity index (χ3v) is 11.2. The molecule has 0 spiro atoms. The van der Waals surface area contributed by atoms with Crippen LogP contribution >= 0.6 is 11.8 Å². The van der Waals surface area contributed by atoms with Gasteiger partial charge in [-0.3, -0.25) is 0 Å². The molecule has 0 fully saturated rings. The molecule has 0 unspecified atom stereocenters. The van der Waals surface area contributed by atoms with Gasteiger partial charge in [0.2, 0.25) is 6.71 Å². The van der Waals surface area contributed by atoms with Gasteiger partial charge in [-0.25, -0.2) is 9.97 Å². The van der Waals surface area contributed by atoms with Gasteiger partial charge in [0.1, 0.15) is 0 Å². The monoisotopic (exact) mass is 667 g/mol. The Morgan fingerprint density at radius 3 is 1.63 bits per heavy atom. The van der Waals surface area contributed by atoms with Crippen molar-refractivity contribution in [1.82, 2.24) is 9.97 Å². The number of rotatable bonds is 5. The van der Waals surface area contributed by atoms with E-state index in [1.165, 1.54) is 37.6 Å². The van der Waals surface area contributed by atoms with Gasteiger partial charge < -0.3 is 4.90 Å². The van der Waals surface area contributed by atoms with Crippen molar-refractivity contribution in [3.8, 4) is 45.0 Å². The molecule has 238 valence electrons. The van der Waals surface area contributed by atoms with Gasteiger partial charge >= 0.3 is 0 Å². The number of fused-ring (bicyclic) bond motifs is 4. The average molecular weight is 668 g/mol. The molecule has 0 amide bonds. The van der Waals surface area contributed by atoms with Crippen LogP contribution in [0.1, 0.15) is 0 Å². The van der Waals surface area contributed by atoms with Crippen molar-refractivity contribution in [2.24, 2.45) is 0 Å². The molecule has 2 aliphatic rings. The normalized spacial score (nSPS) is 12.5. The van der Waals surface area contributed by atoms with Gasteiger partial charge in [-0.15, -0.1) is 0 Å². The Morgan fingerprint density at radius 2 is 0.961 bits per heavy atom. The Kier molecular flexibility index (Phi) is 7.17. The van der Waals surface area contributed by atoms with Crippen LogP contribution in [0.25, 0.3) is 45.0 Å². The van der Waals surface area contributed by atoms with Crippen LogP contribution in [0.15, 0.2) is 192 Å². The van der Waals surface area contributed by atoms with Gasteiger partial charge in [-0.1, -0.05) is 151 Å². The summed E-state index contributed by atoms with van der Waals surface area (Å²) in [5, 5.41) is 0. The van der Waals surface area contributed by atoms with E-state index in [-0.39, 0.29) is 6.71 Å². The van der Waals surface area contributed by atoms with Crippen LogP contribution in [-0.2, 0) is 0 Å². The SMILES string of the molecule is c1ccc(-c2cccc(-c3cccc4c3Sc3cccc5c3B4c3cccc(-c4cccc(-c6ccccc6)n4)c3N5c3ccccc3)n2)cc1. The van der Waals surface area contributed by atoms with E-state index in [9.17, 15) is 0 Å². The minimum absolute atomic E-state index is 0.0388. The highest BCUT2D eigenvalue weighted by atomic mass is 32.2. The smallest absolute Gasteiger partial charge is 0.249 e. The zero-order chi connectivity index (χ0) is 33.7. The average Bonchev–Trinajstić information content (AvgIpc) is 3.21. The third kappa shape index (κ3) is 5.00. The largest absolute Gasteiger partial charge is 0.311 e. The summed E-state index contributed by atoms with van der Waals surface area (Å²) in [6.45, 7) is 0.0388. The summed E-state index contributed by atoms with van der Waals surface area (Å²) in [7, 11) is 0. The molecular formula is C46H30BN3S. The van der Waals surface area contributed by atoms with Gasteiger partial charge in [0.15, 0.2) is 0 Å². The Labute approximate surface area is 302 Å². The van der Waals surface area contributed by atoms with E-state index in [0.29, 0.717) is 0 Å². The summed E-state index contributed by atoms with van der Waals surface area (Å²) in [6.07, 6.45) is 0. The molecular weight excluding hydrogens is 637 g/mol. The first-order valence-electron chi connectivity index (χ1n) is 17.3. The van der Waals surface area contributed by atoms with Crippen LogP contribution < -0.4 is 21.3 Å². The van der Waals surface area contributed by atoms with Crippen molar-refractivity contribution < 1.29 is 0 Å². The minimum atomic E-state index is 0.0388. The summed E-state index contributed by atoms with van der Waals surface area (Å²) in [6, 6.07) is 64.6. The molecule has 0 radical (unpaired) electrons. The maximum absolute atomic E-state index is 5.28. The minimum Gasteiger partial charge on any atom is -0.311 e. The molecule has 51 heavy (non-hydrogen) atoms. The lowest BCUT2D eigenvalue weighted by Crippen LogP contribution is -2.60. The Morgan fingerprint density at radius 1 is 0.431 bits per heavy atom. The van der Waals surface area contributed by atoms with Gasteiger partial charge in [0.25, 0.3) is 0 Å². The first-order valence-corrected chi connectivity index (χ1v) is 18.1. The summed E-state index contributed by atoms with van der Waals surface area (Å²) in [5.41, 5.74) is 15.8. The van der Waals surface area contributed by atoms with E-state index in [1.807, 2.05) is 23.9 Å². The van der Waals surface area contributed by atoms with E-state index in [2.05, 4.69) is 175 Å². The van der Waals surface area contributed by atoms with Crippen molar-refractivity contribution in [2.75, 3.05) is 4.90 Å². The second kappa shape index (κ2) is 12.3. The lowest BCUT2D eigenvalue weighted by atomic mass is 9.34. The van der Waals surface area contributed by atoms with E-state index in [0.717, 1.165) is 50.7 Å². The number of aromatic nitrogens is 2. The van der Waals surface area contributed by atoms with Crippen LogP contribution in [0.2, 0.25) is 0 Å². The predicted molar refractivity (Wildman–Crippen MR) is 214 cm³/mol. The molecule has 10 rings (SSSR count). The molecule has 0 aliphatic carbocycles. The quantitative estimate of drug-likeness (QED) is 0.171. The molecule has 2 aliphatic heterocycles. The molecule has 0 atom stereocenters. The number of anilines is 3. The van der Waals surface area contributed by atoms with Gasteiger partial charge in [0, 0.05) is 43.4 Å². The fraction of sp³-hybridized carbons (Fsp3) is 0. The fourth-order valence-corrected chi connectivity index (χ4v) is 9.00. The van der Waals surface area contributed by atoms with E-state index in [4.69, 9.17) is 9.97 Å². The first kappa shape index (κ1) is 29.7. The molecule has 0 bridgehead atoms. The first-order chi connectivity index (χ1) is 25.3. The molecule has 0 saturated heterocycles. The summed E-state index contributed by atoms with van der Waals surface area (Å²) in [4.78, 5) is 15.5. The van der Waals surface area contributed by atoms with E-state index < -0.39 is 0 Å². The maximum atomic E-state index is 5.28. The van der Waals surface area contributed by atoms with Crippen molar-refractivity contribution in [3.63, 3.8) is 0 Å². The van der Waals surface area contributed by atoms with Crippen molar-refractivity contribution in [2.45, 2.75) is 9.79 Å². The van der Waals surface area contributed by atoms with Gasteiger partial charge in [0.05, 0.1) is 28.5 Å². The molecule has 6 aromatic carbocycles. The van der Waals surface area contributed by atoms with Crippen LogP contribution in [0.5, 0.6) is 0 Å². The number of hydrogen-bond acceptors (Lipinski definition) is 4. The lowest BCUT2D eigenvalue weighted by Gasteiger charge is -2.41. The molecule has 2 aromatic heterocycles. The Balaban J connectivity index is 1.20. The topological polar surface area (TPSA) is 29.0 Å². The molecule has 3 nitrogen and oxygen atoms in total. The highest BCUT2D eigenvalue weighted by molar-refractivity contribution is 8.00. The number of pyridine rings is 2. The molecule has 0 N–H and O–H groups in total. The molecule has 4 heterocycles. The Hall–Kier alpha value is -6.17. The van der Waals surface area contributed by atoms with Crippen LogP contribution in [0, 0.1) is 0 Å². The van der Waals surface area contributed by atoms with Gasteiger partial charge in [-0.05, 0) is 59.5 Å². The highest BCUT2D eigenvalue weighted by Crippen LogP contribution is 2.46.